The number of nitrogens with zero attached hydrogens (tertiary/aromatic N) is 3. The van der Waals surface area contributed by atoms with Crippen molar-refractivity contribution in [3.05, 3.63) is 112 Å². The summed E-state index contributed by atoms with van der Waals surface area (Å²) in [7, 11) is 0. The highest BCUT2D eigenvalue weighted by atomic mass is 16.5. The summed E-state index contributed by atoms with van der Waals surface area (Å²) < 4.78 is 11.0. The highest BCUT2D eigenvalue weighted by Crippen LogP contribution is 2.31. The molecule has 5 rings (SSSR count). The molecule has 0 aromatic heterocycles. The van der Waals surface area contributed by atoms with Crippen LogP contribution in [0.2, 0.25) is 0 Å². The molecule has 0 saturated heterocycles. The van der Waals surface area contributed by atoms with E-state index in [1.807, 2.05) is 73.8 Å². The van der Waals surface area contributed by atoms with Crippen molar-refractivity contribution >= 4 is 29.6 Å². The Morgan fingerprint density at radius 2 is 1.45 bits per heavy atom. The van der Waals surface area contributed by atoms with Crippen molar-refractivity contribution in [1.29, 1.82) is 0 Å². The fourth-order valence-electron chi connectivity index (χ4n) is 5.00. The lowest BCUT2D eigenvalue weighted by Gasteiger charge is -2.23. The number of rotatable bonds is 12. The predicted molar refractivity (Wildman–Crippen MR) is 170 cm³/mol. The van der Waals surface area contributed by atoms with Gasteiger partial charge in [0.05, 0.1) is 42.0 Å². The third-order valence-electron chi connectivity index (χ3n) is 7.40. The molecule has 4 N–H and O–H groups in total. The zero-order valence-electron chi connectivity index (χ0n) is 25.0. The Morgan fingerprint density at radius 3 is 2.14 bits per heavy atom. The molecular formula is C34H38N6O4. The van der Waals surface area contributed by atoms with Crippen LogP contribution in [0.5, 0.6) is 0 Å². The minimum Gasteiger partial charge on any atom is -0.462 e. The van der Waals surface area contributed by atoms with Gasteiger partial charge in [-0.05, 0) is 36.6 Å². The molecule has 0 saturated carbocycles. The first-order valence-electron chi connectivity index (χ1n) is 15.0. The molecule has 0 amide bonds. The molecular weight excluding hydrogens is 556 g/mol. The maximum Gasteiger partial charge on any atom is 0.338 e. The highest BCUT2D eigenvalue weighted by Gasteiger charge is 2.29. The fourth-order valence-corrected chi connectivity index (χ4v) is 5.00. The van der Waals surface area contributed by atoms with Crippen molar-refractivity contribution in [3.8, 4) is 0 Å². The number of hydrazone groups is 1. The quantitative estimate of drug-likeness (QED) is 0.143. The summed E-state index contributed by atoms with van der Waals surface area (Å²) >= 11 is 0. The van der Waals surface area contributed by atoms with Crippen LogP contribution in [0.15, 0.2) is 89.1 Å². The molecule has 3 aromatic carbocycles. The Balaban J connectivity index is 1.35. The van der Waals surface area contributed by atoms with Gasteiger partial charge in [-0.3, -0.25) is 15.4 Å². The first-order valence-corrected chi connectivity index (χ1v) is 15.0. The SMILES string of the molecule is CCCCOC(=O)c1ccccc1C1N=C(c2cccc(C3=CN(N)C(c4ccccc4C(=O)OCCCC)N3)c2)C=NN1. The van der Waals surface area contributed by atoms with Gasteiger partial charge in [0.2, 0.25) is 0 Å². The second-order valence-electron chi connectivity index (χ2n) is 10.6. The topological polar surface area (TPSA) is 131 Å². The number of hydrogen-bond acceptors (Lipinski definition) is 10. The van der Waals surface area contributed by atoms with E-state index in [1.165, 1.54) is 0 Å². The number of ether oxygens (including phenoxy) is 2. The molecule has 10 heteroatoms. The molecule has 2 unspecified atom stereocenters. The van der Waals surface area contributed by atoms with E-state index in [9.17, 15) is 9.59 Å². The first-order chi connectivity index (χ1) is 21.5. The molecule has 44 heavy (non-hydrogen) atoms. The Hall–Kier alpha value is -4.96. The predicted octanol–water partition coefficient (Wildman–Crippen LogP) is 5.45. The number of unbranched alkanes of at least 4 members (excludes halogenated alkanes) is 2. The van der Waals surface area contributed by atoms with E-state index in [0.29, 0.717) is 35.6 Å². The second-order valence-corrected chi connectivity index (χ2v) is 10.6. The van der Waals surface area contributed by atoms with Gasteiger partial charge in [0.15, 0.2) is 6.17 Å². The Kier molecular flexibility index (Phi) is 10.0. The first kappa shape index (κ1) is 30.5. The molecule has 2 atom stereocenters. The minimum atomic E-state index is -0.560. The van der Waals surface area contributed by atoms with Gasteiger partial charge in [0.25, 0.3) is 0 Å². The maximum atomic E-state index is 12.8. The largest absolute Gasteiger partial charge is 0.462 e. The van der Waals surface area contributed by atoms with Crippen LogP contribution in [0, 0.1) is 0 Å². The van der Waals surface area contributed by atoms with Gasteiger partial charge >= 0.3 is 11.9 Å². The number of carbonyl (C=O) groups excluding carboxylic acids is 2. The summed E-state index contributed by atoms with van der Waals surface area (Å²) in [5.41, 5.74) is 8.53. The molecule has 0 fully saturated rings. The van der Waals surface area contributed by atoms with Crippen LogP contribution in [0.25, 0.3) is 5.70 Å². The molecule has 2 aliphatic heterocycles. The van der Waals surface area contributed by atoms with Gasteiger partial charge in [-0.25, -0.2) is 15.4 Å². The zero-order valence-corrected chi connectivity index (χ0v) is 25.0. The maximum absolute atomic E-state index is 12.8. The van der Waals surface area contributed by atoms with Crippen LogP contribution in [-0.4, -0.2) is 42.1 Å². The van der Waals surface area contributed by atoms with Crippen molar-refractivity contribution < 1.29 is 19.1 Å². The Labute approximate surface area is 257 Å². The number of aliphatic imine (C=N–C) groups is 1. The van der Waals surface area contributed by atoms with Crippen LogP contribution in [0.4, 0.5) is 0 Å². The summed E-state index contributed by atoms with van der Waals surface area (Å²) in [4.78, 5) is 30.5. The summed E-state index contributed by atoms with van der Waals surface area (Å²) in [5, 5.41) is 9.36. The second kappa shape index (κ2) is 14.5. The van der Waals surface area contributed by atoms with Gasteiger partial charge in [-0.1, -0.05) is 81.3 Å². The molecule has 0 aliphatic carbocycles. The lowest BCUT2D eigenvalue weighted by molar-refractivity contribution is 0.0487. The lowest BCUT2D eigenvalue weighted by Crippen LogP contribution is -2.33. The standard InChI is InChI=1S/C34H38N6O4/c1-3-5-18-43-33(41)27-16-9-7-14-25(27)31-37-29(21-36-39-31)23-12-11-13-24(20-23)30-22-40(35)32(38-30)26-15-8-10-17-28(26)34(42)44-19-6-4-2/h7-17,20-22,31-32,38-39H,3-6,18-19,35H2,1-2H3. The minimum absolute atomic E-state index is 0.367. The van der Waals surface area contributed by atoms with E-state index in [1.54, 1.807) is 23.4 Å². The lowest BCUT2D eigenvalue weighted by atomic mass is 10.0. The van der Waals surface area contributed by atoms with Gasteiger partial charge < -0.3 is 14.8 Å². The summed E-state index contributed by atoms with van der Waals surface area (Å²) in [6.45, 7) is 4.85. The molecule has 0 spiro atoms. The van der Waals surface area contributed by atoms with E-state index in [-0.39, 0.29) is 11.9 Å². The number of benzene rings is 3. The van der Waals surface area contributed by atoms with Crippen LogP contribution in [-0.2, 0) is 9.47 Å². The monoisotopic (exact) mass is 594 g/mol. The average Bonchev–Trinajstić information content (AvgIpc) is 3.46. The fraction of sp³-hybridized carbons (Fsp3) is 0.294. The third kappa shape index (κ3) is 6.98. The van der Waals surface area contributed by atoms with E-state index in [2.05, 4.69) is 22.8 Å². The van der Waals surface area contributed by atoms with Crippen LogP contribution in [0.3, 0.4) is 0 Å². The molecule has 2 aliphatic rings. The summed E-state index contributed by atoms with van der Waals surface area (Å²) in [5.74, 6) is 5.68. The Bertz CT molecular complexity index is 1580. The van der Waals surface area contributed by atoms with E-state index >= 15 is 0 Å². The van der Waals surface area contributed by atoms with Crippen molar-refractivity contribution in [1.82, 2.24) is 15.8 Å². The smallest absolute Gasteiger partial charge is 0.338 e. The van der Waals surface area contributed by atoms with Crippen molar-refractivity contribution in [3.63, 3.8) is 0 Å². The number of esters is 2. The van der Waals surface area contributed by atoms with Crippen molar-refractivity contribution in [2.24, 2.45) is 15.9 Å². The van der Waals surface area contributed by atoms with Gasteiger partial charge in [0.1, 0.15) is 6.17 Å². The zero-order chi connectivity index (χ0) is 30.9. The van der Waals surface area contributed by atoms with Gasteiger partial charge in [-0.2, -0.15) is 5.10 Å². The Morgan fingerprint density at radius 1 is 0.841 bits per heavy atom. The van der Waals surface area contributed by atoms with E-state index in [4.69, 9.17) is 20.3 Å². The molecule has 0 bridgehead atoms. The van der Waals surface area contributed by atoms with Crippen molar-refractivity contribution in [2.75, 3.05) is 13.2 Å². The number of nitrogens with two attached hydrogens (primary N) is 1. The van der Waals surface area contributed by atoms with E-state index < -0.39 is 12.3 Å². The van der Waals surface area contributed by atoms with Crippen LogP contribution < -0.4 is 16.6 Å². The number of nitrogens with one attached hydrogen (secondary N) is 2. The molecule has 2 heterocycles. The third-order valence-corrected chi connectivity index (χ3v) is 7.40. The van der Waals surface area contributed by atoms with Crippen LogP contribution >= 0.6 is 0 Å². The number of hydrogen-bond donors (Lipinski definition) is 3. The molecule has 3 aromatic rings. The van der Waals surface area contributed by atoms with Crippen molar-refractivity contribution in [2.45, 2.75) is 51.9 Å². The molecule has 228 valence electrons. The van der Waals surface area contributed by atoms with Crippen LogP contribution in [0.1, 0.15) is 94.8 Å². The van der Waals surface area contributed by atoms with E-state index in [0.717, 1.165) is 48.1 Å². The van der Waals surface area contributed by atoms with Gasteiger partial charge in [-0.15, -0.1) is 0 Å². The average molecular weight is 595 g/mol. The number of hydrazine groups is 1. The van der Waals surface area contributed by atoms with Gasteiger partial charge in [0, 0.05) is 22.9 Å². The molecule has 0 radical (unpaired) electrons. The summed E-state index contributed by atoms with van der Waals surface area (Å²) in [6.07, 6.45) is 5.96. The normalized spacial score (nSPS) is 17.3. The summed E-state index contributed by atoms with van der Waals surface area (Å²) in [6, 6.07) is 22.5. The number of carbonyl (C=O) groups is 2. The molecule has 10 nitrogen and oxygen atoms in total. The highest BCUT2D eigenvalue weighted by molar-refractivity contribution is 6.38.